The lowest BCUT2D eigenvalue weighted by molar-refractivity contribution is -0.116. The van der Waals surface area contributed by atoms with Crippen LogP contribution in [0.15, 0.2) is 64.1 Å². The maximum absolute atomic E-state index is 14.5. The van der Waals surface area contributed by atoms with E-state index in [1.165, 1.54) is 22.7 Å². The van der Waals surface area contributed by atoms with Crippen LogP contribution < -0.4 is 15.0 Å². The van der Waals surface area contributed by atoms with Crippen molar-refractivity contribution in [3.63, 3.8) is 0 Å². The number of halogens is 1. The molecular weight excluding hydrogens is 419 g/mol. The summed E-state index contributed by atoms with van der Waals surface area (Å²) in [6.07, 6.45) is 1.55. The number of nitrogens with one attached hydrogen (secondary N) is 1. The van der Waals surface area contributed by atoms with E-state index in [1.54, 1.807) is 48.7 Å². The third kappa shape index (κ3) is 4.59. The highest BCUT2D eigenvalue weighted by Crippen LogP contribution is 2.38. The second-order valence-electron chi connectivity index (χ2n) is 6.86. The Balaban J connectivity index is 1.56. The topological polar surface area (TPSA) is 71.8 Å². The zero-order valence-corrected chi connectivity index (χ0v) is 17.7. The number of fused-ring (bicyclic) bond motifs is 1. The third-order valence-electron chi connectivity index (χ3n) is 4.86. The lowest BCUT2D eigenvalue weighted by Crippen LogP contribution is -2.35. The molecule has 0 unspecified atom stereocenters. The van der Waals surface area contributed by atoms with Crippen molar-refractivity contribution in [1.82, 2.24) is 5.32 Å². The van der Waals surface area contributed by atoms with Crippen LogP contribution in [-0.4, -0.2) is 24.2 Å². The normalized spacial score (nSPS) is 13.1. The minimum Gasteiger partial charge on any atom is -0.493 e. The van der Waals surface area contributed by atoms with Crippen molar-refractivity contribution in [2.75, 3.05) is 17.3 Å². The number of anilines is 1. The minimum atomic E-state index is -0.424. The predicted octanol–water partition coefficient (Wildman–Crippen LogP) is 4.39. The highest BCUT2D eigenvalue weighted by molar-refractivity contribution is 8.00. The van der Waals surface area contributed by atoms with Gasteiger partial charge in [-0.2, -0.15) is 0 Å². The Hall–Kier alpha value is -3.26. The second-order valence-corrected chi connectivity index (χ2v) is 7.88. The summed E-state index contributed by atoms with van der Waals surface area (Å²) in [5, 5.41) is 2.81. The van der Waals surface area contributed by atoms with Crippen molar-refractivity contribution in [1.29, 1.82) is 0 Å². The molecule has 0 saturated heterocycles. The Bertz CT molecular complexity index is 1100. The first kappa shape index (κ1) is 21.0. The quantitative estimate of drug-likeness (QED) is 0.590. The zero-order chi connectivity index (χ0) is 21.8. The van der Waals surface area contributed by atoms with Crippen molar-refractivity contribution < 1.29 is 23.1 Å². The van der Waals surface area contributed by atoms with Gasteiger partial charge in [0.05, 0.1) is 37.4 Å². The first-order chi connectivity index (χ1) is 15.1. The smallest absolute Gasteiger partial charge is 0.251 e. The molecule has 1 aromatic heterocycles. The fourth-order valence-electron chi connectivity index (χ4n) is 3.34. The molecule has 1 N–H and O–H groups in total. The fraction of sp³-hybridized carbons (Fsp3) is 0.217. The van der Waals surface area contributed by atoms with Gasteiger partial charge < -0.3 is 19.4 Å². The first-order valence-electron chi connectivity index (χ1n) is 9.84. The molecule has 31 heavy (non-hydrogen) atoms. The number of furan rings is 1. The number of hydrogen-bond donors (Lipinski definition) is 1. The summed E-state index contributed by atoms with van der Waals surface area (Å²) in [7, 11) is 0. The molecule has 2 heterocycles. The van der Waals surface area contributed by atoms with E-state index in [0.717, 1.165) is 4.90 Å². The number of ether oxygens (including phenoxy) is 1. The maximum atomic E-state index is 14.5. The Morgan fingerprint density at radius 2 is 2.13 bits per heavy atom. The lowest BCUT2D eigenvalue weighted by atomic mass is 10.1. The highest BCUT2D eigenvalue weighted by Gasteiger charge is 2.27. The maximum Gasteiger partial charge on any atom is 0.251 e. The van der Waals surface area contributed by atoms with Crippen LogP contribution >= 0.6 is 11.8 Å². The number of hydrogen-bond acceptors (Lipinski definition) is 5. The largest absolute Gasteiger partial charge is 0.493 e. The van der Waals surface area contributed by atoms with Gasteiger partial charge in [-0.15, -0.1) is 11.8 Å². The molecule has 0 bridgehead atoms. The zero-order valence-electron chi connectivity index (χ0n) is 16.9. The predicted molar refractivity (Wildman–Crippen MR) is 116 cm³/mol. The van der Waals surface area contributed by atoms with Gasteiger partial charge in [0.15, 0.2) is 0 Å². The minimum absolute atomic E-state index is 0.0540. The van der Waals surface area contributed by atoms with Crippen LogP contribution in [0.3, 0.4) is 0 Å². The van der Waals surface area contributed by atoms with E-state index in [4.69, 9.17) is 9.15 Å². The van der Waals surface area contributed by atoms with E-state index in [0.29, 0.717) is 34.9 Å². The molecular formula is C23H21FN2O4S. The van der Waals surface area contributed by atoms with E-state index in [-0.39, 0.29) is 30.7 Å². The summed E-state index contributed by atoms with van der Waals surface area (Å²) in [6, 6.07) is 13.3. The molecule has 2 aromatic carbocycles. The second kappa shape index (κ2) is 9.26. The van der Waals surface area contributed by atoms with E-state index >= 15 is 0 Å². The molecule has 0 saturated carbocycles. The lowest BCUT2D eigenvalue weighted by Gasteiger charge is -2.30. The van der Waals surface area contributed by atoms with Crippen LogP contribution in [0.4, 0.5) is 10.1 Å². The number of rotatable bonds is 7. The molecule has 2 amide bonds. The van der Waals surface area contributed by atoms with Gasteiger partial charge in [0.1, 0.15) is 17.3 Å². The summed E-state index contributed by atoms with van der Waals surface area (Å²) in [5.74, 6) is 0.501. The molecule has 8 heteroatoms. The average molecular weight is 440 g/mol. The van der Waals surface area contributed by atoms with Gasteiger partial charge >= 0.3 is 0 Å². The molecule has 0 fully saturated rings. The van der Waals surface area contributed by atoms with Crippen LogP contribution in [0.5, 0.6) is 5.75 Å². The van der Waals surface area contributed by atoms with Crippen molar-refractivity contribution in [2.24, 2.45) is 0 Å². The van der Waals surface area contributed by atoms with E-state index < -0.39 is 5.82 Å². The van der Waals surface area contributed by atoms with Gasteiger partial charge in [-0.1, -0.05) is 6.07 Å². The number of thioether (sulfide) groups is 1. The van der Waals surface area contributed by atoms with Crippen molar-refractivity contribution in [3.05, 3.63) is 77.5 Å². The molecule has 160 valence electrons. The van der Waals surface area contributed by atoms with Crippen LogP contribution in [0.25, 0.3) is 0 Å². The molecule has 1 aliphatic heterocycles. The van der Waals surface area contributed by atoms with Crippen molar-refractivity contribution in [3.8, 4) is 5.75 Å². The molecule has 0 radical (unpaired) electrons. The van der Waals surface area contributed by atoms with Gasteiger partial charge in [-0.3, -0.25) is 9.59 Å². The Morgan fingerprint density at radius 1 is 1.26 bits per heavy atom. The Morgan fingerprint density at radius 3 is 2.90 bits per heavy atom. The Labute approximate surface area is 183 Å². The van der Waals surface area contributed by atoms with Crippen LogP contribution in [0, 0.1) is 5.82 Å². The molecule has 0 spiro atoms. The molecule has 0 aliphatic carbocycles. The molecule has 6 nitrogen and oxygen atoms in total. The third-order valence-corrected chi connectivity index (χ3v) is 5.89. The number of carbonyl (C=O) groups excluding carboxylic acids is 2. The summed E-state index contributed by atoms with van der Waals surface area (Å²) in [5.41, 5.74) is 1.46. The van der Waals surface area contributed by atoms with Crippen LogP contribution in [0.2, 0.25) is 0 Å². The van der Waals surface area contributed by atoms with E-state index in [2.05, 4.69) is 5.32 Å². The first-order valence-corrected chi connectivity index (χ1v) is 10.8. The average Bonchev–Trinajstić information content (AvgIpc) is 3.29. The molecule has 0 atom stereocenters. The van der Waals surface area contributed by atoms with E-state index in [9.17, 15) is 14.0 Å². The fourth-order valence-corrected chi connectivity index (χ4v) is 4.31. The Kier molecular flexibility index (Phi) is 6.27. The van der Waals surface area contributed by atoms with Crippen molar-refractivity contribution >= 4 is 29.3 Å². The van der Waals surface area contributed by atoms with Crippen LogP contribution in [0.1, 0.15) is 28.6 Å². The summed E-state index contributed by atoms with van der Waals surface area (Å²) < 4.78 is 25.3. The molecule has 1 aliphatic rings. The van der Waals surface area contributed by atoms with Crippen molar-refractivity contribution in [2.45, 2.75) is 24.9 Å². The van der Waals surface area contributed by atoms with Gasteiger partial charge in [-0.25, -0.2) is 4.39 Å². The molecule has 4 rings (SSSR count). The molecule has 3 aromatic rings. The summed E-state index contributed by atoms with van der Waals surface area (Å²) >= 11 is 1.36. The monoisotopic (exact) mass is 440 g/mol. The van der Waals surface area contributed by atoms with Gasteiger partial charge in [-0.05, 0) is 49.4 Å². The summed E-state index contributed by atoms with van der Waals surface area (Å²) in [4.78, 5) is 27.5. The van der Waals surface area contributed by atoms with Gasteiger partial charge in [0, 0.05) is 16.0 Å². The van der Waals surface area contributed by atoms with E-state index in [1.807, 2.05) is 6.92 Å². The number of amides is 2. The highest BCUT2D eigenvalue weighted by atomic mass is 32.2. The number of benzene rings is 2. The van der Waals surface area contributed by atoms with Gasteiger partial charge in [0.2, 0.25) is 5.91 Å². The summed E-state index contributed by atoms with van der Waals surface area (Å²) in [6.45, 7) is 2.56. The number of carbonyl (C=O) groups is 2. The van der Waals surface area contributed by atoms with Crippen LogP contribution in [-0.2, 0) is 17.9 Å². The SMILES string of the molecule is CCOc1cccc(F)c1CN1C(=O)CSc2cc(C(=O)NCc3ccco3)ccc21. The number of nitrogens with zero attached hydrogens (tertiary/aromatic N) is 1. The standard InChI is InChI=1S/C23H21FN2O4S/c1-2-29-20-7-3-6-18(24)17(20)13-26-19-9-8-15(11-21(19)31-14-22(26)27)23(28)25-12-16-5-4-10-30-16/h3-11H,2,12-14H2,1H3,(H,25,28). The van der Waals surface area contributed by atoms with Gasteiger partial charge in [0.25, 0.3) is 5.91 Å².